The molecule has 74 valence electrons. The molecular formula is C8H16F3N. The van der Waals surface area contributed by atoms with Crippen LogP contribution in [0.3, 0.4) is 0 Å². The molecule has 0 aliphatic carbocycles. The third kappa shape index (κ3) is 4.59. The zero-order valence-electron chi connectivity index (χ0n) is 7.92. The van der Waals surface area contributed by atoms with Gasteiger partial charge in [0.15, 0.2) is 0 Å². The highest BCUT2D eigenvalue weighted by atomic mass is 19.4. The maximum Gasteiger partial charge on any atom is 0.403 e. The third-order valence-corrected chi connectivity index (χ3v) is 1.41. The lowest BCUT2D eigenvalue weighted by Crippen LogP contribution is -2.50. The van der Waals surface area contributed by atoms with Crippen molar-refractivity contribution in [3.05, 3.63) is 0 Å². The summed E-state index contributed by atoms with van der Waals surface area (Å²) in [7, 11) is 0. The Morgan fingerprint density at radius 2 is 1.58 bits per heavy atom. The second kappa shape index (κ2) is 3.64. The molecule has 12 heavy (non-hydrogen) atoms. The molecule has 0 heterocycles. The molecule has 1 N–H and O–H groups in total. The van der Waals surface area contributed by atoms with Gasteiger partial charge in [-0.25, -0.2) is 0 Å². The topological polar surface area (TPSA) is 12.0 Å². The summed E-state index contributed by atoms with van der Waals surface area (Å²) in [6.07, 6.45) is -4.07. The minimum atomic E-state index is -4.14. The average Bonchev–Trinajstić information content (AvgIpc) is 1.78. The van der Waals surface area contributed by atoms with E-state index in [0.717, 1.165) is 0 Å². The van der Waals surface area contributed by atoms with Crippen LogP contribution in [0.5, 0.6) is 0 Å². The Hall–Kier alpha value is -0.250. The Bertz CT molecular complexity index is 134. The van der Waals surface area contributed by atoms with E-state index in [1.165, 1.54) is 6.92 Å². The zero-order valence-corrected chi connectivity index (χ0v) is 7.92. The molecule has 0 aromatic heterocycles. The van der Waals surface area contributed by atoms with Gasteiger partial charge in [-0.3, -0.25) is 0 Å². The van der Waals surface area contributed by atoms with Crippen LogP contribution in [-0.2, 0) is 0 Å². The number of hydrogen-bond acceptors (Lipinski definition) is 1. The Balaban J connectivity index is 4.20. The molecule has 0 rings (SSSR count). The van der Waals surface area contributed by atoms with Crippen molar-refractivity contribution >= 4 is 0 Å². The van der Waals surface area contributed by atoms with Gasteiger partial charge in [0.05, 0.1) is 0 Å². The minimum absolute atomic E-state index is 0.0702. The first-order valence-electron chi connectivity index (χ1n) is 4.01. The molecular weight excluding hydrogens is 167 g/mol. The monoisotopic (exact) mass is 183 g/mol. The summed E-state index contributed by atoms with van der Waals surface area (Å²) in [5.74, 6) is 0. The van der Waals surface area contributed by atoms with Crippen LogP contribution in [0.25, 0.3) is 0 Å². The molecule has 1 nitrogen and oxygen atoms in total. The molecule has 0 bridgehead atoms. The van der Waals surface area contributed by atoms with Crippen LogP contribution in [0.15, 0.2) is 0 Å². The van der Waals surface area contributed by atoms with E-state index in [9.17, 15) is 13.2 Å². The maximum absolute atomic E-state index is 12.2. The van der Waals surface area contributed by atoms with Crippen molar-refractivity contribution in [1.82, 2.24) is 5.32 Å². The number of rotatable bonds is 2. The first kappa shape index (κ1) is 11.8. The molecule has 1 atom stereocenters. The lowest BCUT2D eigenvalue weighted by atomic mass is 10.1. The van der Waals surface area contributed by atoms with Crippen LogP contribution in [0.4, 0.5) is 13.2 Å². The van der Waals surface area contributed by atoms with Crippen LogP contribution in [-0.4, -0.2) is 17.8 Å². The fourth-order valence-corrected chi connectivity index (χ4v) is 0.938. The van der Waals surface area contributed by atoms with Gasteiger partial charge in [-0.05, 0) is 27.2 Å². The molecule has 0 aromatic carbocycles. The van der Waals surface area contributed by atoms with Gasteiger partial charge in [0.2, 0.25) is 0 Å². The van der Waals surface area contributed by atoms with Gasteiger partial charge < -0.3 is 5.32 Å². The molecule has 0 fully saturated rings. The van der Waals surface area contributed by atoms with E-state index >= 15 is 0 Å². The molecule has 0 aliphatic rings. The van der Waals surface area contributed by atoms with Crippen molar-refractivity contribution in [3.63, 3.8) is 0 Å². The molecule has 4 heteroatoms. The highest BCUT2D eigenvalue weighted by Crippen LogP contribution is 2.23. The van der Waals surface area contributed by atoms with Crippen molar-refractivity contribution < 1.29 is 13.2 Å². The lowest BCUT2D eigenvalue weighted by Gasteiger charge is -2.29. The number of nitrogens with one attached hydrogen (secondary N) is 1. The number of halogens is 3. The SMILES string of the molecule is CC[C@H](NC(C)(C)C)C(F)(F)F. The Morgan fingerprint density at radius 1 is 1.17 bits per heavy atom. The maximum atomic E-state index is 12.2. The van der Waals surface area contributed by atoms with Crippen molar-refractivity contribution in [2.24, 2.45) is 0 Å². The predicted octanol–water partition coefficient (Wildman–Crippen LogP) is 2.72. The Morgan fingerprint density at radius 3 is 1.67 bits per heavy atom. The number of hydrogen-bond donors (Lipinski definition) is 1. The van der Waals surface area contributed by atoms with E-state index in [0.29, 0.717) is 0 Å². The largest absolute Gasteiger partial charge is 0.403 e. The summed E-state index contributed by atoms with van der Waals surface area (Å²) >= 11 is 0. The molecule has 0 spiro atoms. The summed E-state index contributed by atoms with van der Waals surface area (Å²) in [5.41, 5.74) is -0.490. The standard InChI is InChI=1S/C8H16F3N/c1-5-6(8(9,10)11)12-7(2,3)4/h6,12H,5H2,1-4H3/t6-/m0/s1. The van der Waals surface area contributed by atoms with Gasteiger partial charge in [-0.15, -0.1) is 0 Å². The van der Waals surface area contributed by atoms with E-state index in [1.807, 2.05) is 0 Å². The van der Waals surface area contributed by atoms with Crippen LogP contribution in [0, 0.1) is 0 Å². The molecule has 0 saturated carbocycles. The highest BCUT2D eigenvalue weighted by Gasteiger charge is 2.39. The molecule has 0 amide bonds. The van der Waals surface area contributed by atoms with Gasteiger partial charge in [-0.1, -0.05) is 6.92 Å². The second-order valence-electron chi connectivity index (χ2n) is 3.90. The molecule has 0 saturated heterocycles. The van der Waals surface area contributed by atoms with Crippen LogP contribution in [0.2, 0.25) is 0 Å². The average molecular weight is 183 g/mol. The van der Waals surface area contributed by atoms with Gasteiger partial charge in [0.25, 0.3) is 0 Å². The molecule has 0 aliphatic heterocycles. The normalized spacial score (nSPS) is 16.2. The van der Waals surface area contributed by atoms with E-state index in [2.05, 4.69) is 5.32 Å². The van der Waals surface area contributed by atoms with Gasteiger partial charge in [0.1, 0.15) is 6.04 Å². The summed E-state index contributed by atoms with van der Waals surface area (Å²) in [6.45, 7) is 6.70. The van der Waals surface area contributed by atoms with Crippen LogP contribution >= 0.6 is 0 Å². The summed E-state index contributed by atoms with van der Waals surface area (Å²) in [6, 6.07) is -1.39. The minimum Gasteiger partial charge on any atom is -0.301 e. The summed E-state index contributed by atoms with van der Waals surface area (Å²) in [4.78, 5) is 0. The van der Waals surface area contributed by atoms with Crippen LogP contribution < -0.4 is 5.32 Å². The highest BCUT2D eigenvalue weighted by molar-refractivity contribution is 4.81. The van der Waals surface area contributed by atoms with Crippen molar-refractivity contribution in [3.8, 4) is 0 Å². The summed E-state index contributed by atoms with van der Waals surface area (Å²) < 4.78 is 36.6. The second-order valence-corrected chi connectivity index (χ2v) is 3.90. The van der Waals surface area contributed by atoms with Crippen molar-refractivity contribution in [2.45, 2.75) is 51.9 Å². The Kier molecular flexibility index (Phi) is 3.57. The van der Waals surface area contributed by atoms with Gasteiger partial charge in [0, 0.05) is 5.54 Å². The quantitative estimate of drug-likeness (QED) is 0.694. The van der Waals surface area contributed by atoms with E-state index < -0.39 is 17.8 Å². The first-order chi connectivity index (χ1) is 5.17. The lowest BCUT2D eigenvalue weighted by molar-refractivity contribution is -0.160. The molecule has 0 aromatic rings. The Labute approximate surface area is 71.3 Å². The zero-order chi connectivity index (χ0) is 9.99. The van der Waals surface area contributed by atoms with E-state index in [1.54, 1.807) is 20.8 Å². The predicted molar refractivity (Wildman–Crippen MR) is 43.0 cm³/mol. The fourth-order valence-electron chi connectivity index (χ4n) is 0.938. The fraction of sp³-hybridized carbons (Fsp3) is 1.00. The van der Waals surface area contributed by atoms with Gasteiger partial charge >= 0.3 is 6.18 Å². The summed E-state index contributed by atoms with van der Waals surface area (Å²) in [5, 5.41) is 2.52. The molecule has 0 radical (unpaired) electrons. The van der Waals surface area contributed by atoms with Crippen molar-refractivity contribution in [1.29, 1.82) is 0 Å². The van der Waals surface area contributed by atoms with E-state index in [-0.39, 0.29) is 6.42 Å². The smallest absolute Gasteiger partial charge is 0.301 e. The van der Waals surface area contributed by atoms with E-state index in [4.69, 9.17) is 0 Å². The first-order valence-corrected chi connectivity index (χ1v) is 4.01. The molecule has 0 unspecified atom stereocenters. The van der Waals surface area contributed by atoms with Crippen molar-refractivity contribution in [2.75, 3.05) is 0 Å². The van der Waals surface area contributed by atoms with Gasteiger partial charge in [-0.2, -0.15) is 13.2 Å². The number of alkyl halides is 3. The van der Waals surface area contributed by atoms with Crippen LogP contribution in [0.1, 0.15) is 34.1 Å². The third-order valence-electron chi connectivity index (χ3n) is 1.41.